The topological polar surface area (TPSA) is 58.7 Å². The Labute approximate surface area is 205 Å². The molecule has 4 atom stereocenters. The van der Waals surface area contributed by atoms with Crippen LogP contribution in [0.2, 0.25) is 0 Å². The zero-order valence-electron chi connectivity index (χ0n) is 21.0. The Hall–Kier alpha value is -2.46. The van der Waals surface area contributed by atoms with Crippen LogP contribution in [-0.2, 0) is 6.42 Å². The molecule has 0 bridgehead atoms. The van der Waals surface area contributed by atoms with E-state index in [0.717, 1.165) is 50.6 Å². The van der Waals surface area contributed by atoms with E-state index in [1.165, 1.54) is 29.7 Å². The smallest absolute Gasteiger partial charge is 0.254 e. The molecule has 1 amide bonds. The number of benzene rings is 2. The number of carbonyl (C=O) groups is 1. The number of nitrogens with zero attached hydrogens (tertiary/aromatic N) is 2. The first-order valence-electron chi connectivity index (χ1n) is 13.2. The molecular formula is C30H41N3O. The van der Waals surface area contributed by atoms with Crippen molar-refractivity contribution in [2.75, 3.05) is 13.1 Å². The third-order valence-electron chi connectivity index (χ3n) is 7.91. The van der Waals surface area contributed by atoms with Gasteiger partial charge in [-0.05, 0) is 88.4 Å². The maximum atomic E-state index is 13.8. The highest BCUT2D eigenvalue weighted by Gasteiger charge is 2.38. The van der Waals surface area contributed by atoms with E-state index in [2.05, 4.69) is 49.1 Å². The average Bonchev–Trinajstić information content (AvgIpc) is 2.86. The second-order valence-corrected chi connectivity index (χ2v) is 10.4. The highest BCUT2D eigenvalue weighted by molar-refractivity contribution is 5.95. The molecule has 2 heterocycles. The summed E-state index contributed by atoms with van der Waals surface area (Å²) in [6, 6.07) is 19.3. The zero-order valence-corrected chi connectivity index (χ0v) is 21.0. The van der Waals surface area contributed by atoms with Crippen LogP contribution in [0.3, 0.4) is 0 Å². The molecule has 4 heteroatoms. The maximum absolute atomic E-state index is 13.8. The minimum atomic E-state index is 0.168. The summed E-state index contributed by atoms with van der Waals surface area (Å²) in [6.45, 7) is 5.95. The quantitative estimate of drug-likeness (QED) is 0.540. The fraction of sp³-hybridized carbons (Fsp3) is 0.533. The summed E-state index contributed by atoms with van der Waals surface area (Å²) in [5.41, 5.74) is 10.7. The van der Waals surface area contributed by atoms with Crippen molar-refractivity contribution in [1.82, 2.24) is 4.90 Å². The van der Waals surface area contributed by atoms with E-state index < -0.39 is 0 Å². The Morgan fingerprint density at radius 3 is 2.53 bits per heavy atom. The van der Waals surface area contributed by atoms with Gasteiger partial charge in [0.05, 0.1) is 0 Å². The highest BCUT2D eigenvalue weighted by Crippen LogP contribution is 2.34. The van der Waals surface area contributed by atoms with Gasteiger partial charge in [0.2, 0.25) is 0 Å². The van der Waals surface area contributed by atoms with Crippen molar-refractivity contribution in [2.24, 2.45) is 22.6 Å². The van der Waals surface area contributed by atoms with Crippen LogP contribution in [0.25, 0.3) is 0 Å². The molecular weight excluding hydrogens is 418 g/mol. The molecule has 2 aliphatic heterocycles. The number of likely N-dealkylation sites (tertiary alicyclic amines) is 1. The lowest BCUT2D eigenvalue weighted by molar-refractivity contribution is 0.0273. The lowest BCUT2D eigenvalue weighted by Gasteiger charge is -2.46. The standard InChI is InChI=1S/C30H41N3O/c1-22-10-13-25(14-11-22)30(34)33-27(18-19-31)15-12-23(2)29(33)17-16-28-26(9-6-20-32-28)21-24-7-4-3-5-8-24/h3-5,7-8,10-11,13-14,23,26-27,29H,6,9,12,15-21,31H2,1-2H3. The number of aliphatic imine (C=N–C) groups is 1. The van der Waals surface area contributed by atoms with Gasteiger partial charge in [-0.25, -0.2) is 0 Å². The van der Waals surface area contributed by atoms with Gasteiger partial charge in [0, 0.05) is 35.8 Å². The molecule has 0 aliphatic carbocycles. The number of aryl methyl sites for hydroxylation is 1. The first-order chi connectivity index (χ1) is 16.6. The first kappa shape index (κ1) is 24.7. The third-order valence-corrected chi connectivity index (χ3v) is 7.91. The van der Waals surface area contributed by atoms with Gasteiger partial charge < -0.3 is 10.6 Å². The van der Waals surface area contributed by atoms with Gasteiger partial charge in [-0.1, -0.05) is 55.0 Å². The lowest BCUT2D eigenvalue weighted by Crippen LogP contribution is -2.54. The molecule has 0 radical (unpaired) electrons. The van der Waals surface area contributed by atoms with Crippen molar-refractivity contribution in [3.8, 4) is 0 Å². The Bertz CT molecular complexity index is 953. The Morgan fingerprint density at radius 1 is 1.03 bits per heavy atom. The van der Waals surface area contributed by atoms with Gasteiger partial charge in [-0.15, -0.1) is 0 Å². The van der Waals surface area contributed by atoms with Crippen LogP contribution < -0.4 is 5.73 Å². The average molecular weight is 460 g/mol. The SMILES string of the molecule is Cc1ccc(C(=O)N2C(CCN)CCC(C)C2CCC2=NCCCC2Cc2ccccc2)cc1. The van der Waals surface area contributed by atoms with Crippen molar-refractivity contribution in [1.29, 1.82) is 0 Å². The number of carbonyl (C=O) groups excluding carboxylic acids is 1. The van der Waals surface area contributed by atoms with Gasteiger partial charge in [0.25, 0.3) is 5.91 Å². The van der Waals surface area contributed by atoms with Crippen molar-refractivity contribution in [3.63, 3.8) is 0 Å². The molecule has 2 N–H and O–H groups in total. The van der Waals surface area contributed by atoms with Crippen LogP contribution in [0.15, 0.2) is 59.6 Å². The fourth-order valence-electron chi connectivity index (χ4n) is 5.95. The van der Waals surface area contributed by atoms with Crippen molar-refractivity contribution >= 4 is 11.6 Å². The monoisotopic (exact) mass is 459 g/mol. The summed E-state index contributed by atoms with van der Waals surface area (Å²) in [6.07, 6.45) is 8.52. The molecule has 4 rings (SSSR count). The van der Waals surface area contributed by atoms with Crippen LogP contribution >= 0.6 is 0 Å². The summed E-state index contributed by atoms with van der Waals surface area (Å²) in [5, 5.41) is 0. The molecule has 2 aromatic rings. The van der Waals surface area contributed by atoms with Gasteiger partial charge >= 0.3 is 0 Å². The zero-order chi connectivity index (χ0) is 23.9. The van der Waals surface area contributed by atoms with Gasteiger partial charge in [0.1, 0.15) is 0 Å². The van der Waals surface area contributed by atoms with Crippen LogP contribution in [0, 0.1) is 18.8 Å². The second-order valence-electron chi connectivity index (χ2n) is 10.4. The van der Waals surface area contributed by atoms with Crippen molar-refractivity contribution in [3.05, 3.63) is 71.3 Å². The first-order valence-corrected chi connectivity index (χ1v) is 13.2. The molecule has 4 nitrogen and oxygen atoms in total. The number of hydrogen-bond donors (Lipinski definition) is 1. The molecule has 0 aromatic heterocycles. The largest absolute Gasteiger partial charge is 0.332 e. The molecule has 0 spiro atoms. The van der Waals surface area contributed by atoms with Crippen LogP contribution in [0.1, 0.15) is 73.4 Å². The summed E-state index contributed by atoms with van der Waals surface area (Å²) in [5.74, 6) is 1.18. The minimum Gasteiger partial charge on any atom is -0.332 e. The Balaban J connectivity index is 1.51. The van der Waals surface area contributed by atoms with E-state index in [1.807, 2.05) is 24.3 Å². The number of hydrogen-bond acceptors (Lipinski definition) is 3. The molecule has 1 saturated heterocycles. The maximum Gasteiger partial charge on any atom is 0.254 e. The van der Waals surface area contributed by atoms with E-state index in [4.69, 9.17) is 10.7 Å². The molecule has 34 heavy (non-hydrogen) atoms. The Morgan fingerprint density at radius 2 is 1.79 bits per heavy atom. The molecule has 4 unspecified atom stereocenters. The van der Waals surface area contributed by atoms with E-state index in [-0.39, 0.29) is 18.0 Å². The number of amides is 1. The number of rotatable bonds is 8. The highest BCUT2D eigenvalue weighted by atomic mass is 16.2. The van der Waals surface area contributed by atoms with Crippen LogP contribution in [-0.4, -0.2) is 41.7 Å². The molecule has 0 saturated carbocycles. The van der Waals surface area contributed by atoms with Gasteiger partial charge in [0.15, 0.2) is 0 Å². The lowest BCUT2D eigenvalue weighted by atomic mass is 9.80. The van der Waals surface area contributed by atoms with Gasteiger partial charge in [-0.3, -0.25) is 9.79 Å². The van der Waals surface area contributed by atoms with E-state index in [0.29, 0.717) is 18.4 Å². The van der Waals surface area contributed by atoms with E-state index in [1.54, 1.807) is 0 Å². The minimum absolute atomic E-state index is 0.168. The van der Waals surface area contributed by atoms with Gasteiger partial charge in [-0.2, -0.15) is 0 Å². The Kier molecular flexibility index (Phi) is 8.55. The summed E-state index contributed by atoms with van der Waals surface area (Å²) in [4.78, 5) is 21.0. The van der Waals surface area contributed by atoms with Crippen molar-refractivity contribution < 1.29 is 4.79 Å². The normalized spacial score (nSPS) is 25.1. The van der Waals surface area contributed by atoms with Crippen molar-refractivity contribution in [2.45, 2.75) is 77.3 Å². The molecule has 182 valence electrons. The predicted molar refractivity (Wildman–Crippen MR) is 141 cm³/mol. The van der Waals surface area contributed by atoms with E-state index in [9.17, 15) is 4.79 Å². The summed E-state index contributed by atoms with van der Waals surface area (Å²) < 4.78 is 0. The fourth-order valence-corrected chi connectivity index (χ4v) is 5.95. The van der Waals surface area contributed by atoms with E-state index >= 15 is 0 Å². The third kappa shape index (κ3) is 5.96. The number of nitrogens with two attached hydrogens (primary N) is 1. The number of piperidine rings is 1. The van der Waals surface area contributed by atoms with Crippen LogP contribution in [0.4, 0.5) is 0 Å². The second kappa shape index (κ2) is 11.8. The summed E-state index contributed by atoms with van der Waals surface area (Å²) in [7, 11) is 0. The predicted octanol–water partition coefficient (Wildman–Crippen LogP) is 5.83. The molecule has 2 aliphatic rings. The van der Waals surface area contributed by atoms with Crippen LogP contribution in [0.5, 0.6) is 0 Å². The molecule has 1 fully saturated rings. The molecule has 2 aromatic carbocycles. The summed E-state index contributed by atoms with van der Waals surface area (Å²) >= 11 is 0.